The van der Waals surface area contributed by atoms with Crippen LogP contribution in [0.4, 0.5) is 0 Å². The molecule has 0 unspecified atom stereocenters. The van der Waals surface area contributed by atoms with Gasteiger partial charge in [0.1, 0.15) is 0 Å². The first kappa shape index (κ1) is 38.5. The Morgan fingerprint density at radius 2 is 1.34 bits per heavy atom. The quantitative estimate of drug-likeness (QED) is 0.0919. The molecule has 2 aliphatic carbocycles. The zero-order valence-electron chi connectivity index (χ0n) is 35.2. The van der Waals surface area contributed by atoms with E-state index in [2.05, 4.69) is 217 Å². The number of nitrogens with zero attached hydrogens (tertiary/aromatic N) is 3. The van der Waals surface area contributed by atoms with Gasteiger partial charge >= 0.3 is 0 Å². The largest absolute Gasteiger partial charge is 0.310 e. The molecule has 0 saturated heterocycles. The van der Waals surface area contributed by atoms with Crippen molar-refractivity contribution in [2.75, 3.05) is 0 Å². The molecule has 0 aliphatic heterocycles. The summed E-state index contributed by atoms with van der Waals surface area (Å²) in [5.41, 5.74) is 23.1. The van der Waals surface area contributed by atoms with E-state index in [-0.39, 0.29) is 0 Å². The van der Waals surface area contributed by atoms with Gasteiger partial charge in [0.2, 0.25) is 0 Å². The number of hydrogen-bond acceptors (Lipinski definition) is 1. The van der Waals surface area contributed by atoms with Gasteiger partial charge in [-0.05, 0) is 127 Å². The number of fused-ring (bicyclic) bond motifs is 4. The number of allylic oxidation sites excluding steroid dienone is 7. The molecule has 0 saturated carbocycles. The average Bonchev–Trinajstić information content (AvgIpc) is 4.01. The van der Waals surface area contributed by atoms with E-state index in [0.29, 0.717) is 0 Å². The van der Waals surface area contributed by atoms with E-state index < -0.39 is 0 Å². The van der Waals surface area contributed by atoms with Crippen molar-refractivity contribution in [2.45, 2.75) is 33.1 Å². The molecule has 10 rings (SSSR count). The topological polar surface area (TPSA) is 22.2 Å². The third-order valence-electron chi connectivity index (χ3n) is 12.3. The summed E-state index contributed by atoms with van der Waals surface area (Å²) < 4.78 is 4.77. The summed E-state index contributed by atoms with van der Waals surface area (Å²) in [4.78, 5) is 5.12. The van der Waals surface area contributed by atoms with E-state index in [1.54, 1.807) is 0 Å². The maximum atomic E-state index is 5.12. The Morgan fingerprint density at radius 1 is 0.661 bits per heavy atom. The Kier molecular flexibility index (Phi) is 10.4. The Balaban J connectivity index is 0.930. The van der Waals surface area contributed by atoms with Crippen LogP contribution in [-0.2, 0) is 0 Å². The minimum Gasteiger partial charge on any atom is -0.310 e. The lowest BCUT2D eigenvalue weighted by Crippen LogP contribution is -2.05. The molecule has 0 fully saturated rings. The minimum atomic E-state index is 0.770. The monoisotopic (exact) mass is 797 g/mol. The second-order valence-electron chi connectivity index (χ2n) is 16.2. The summed E-state index contributed by atoms with van der Waals surface area (Å²) in [6.07, 6.45) is 18.4. The molecule has 3 nitrogen and oxygen atoms in total. The van der Waals surface area contributed by atoms with Gasteiger partial charge in [-0.25, -0.2) is 4.99 Å². The highest BCUT2D eigenvalue weighted by Crippen LogP contribution is 2.37. The van der Waals surface area contributed by atoms with Crippen LogP contribution in [-0.4, -0.2) is 14.8 Å². The summed E-state index contributed by atoms with van der Waals surface area (Å²) >= 11 is 0. The van der Waals surface area contributed by atoms with Crippen molar-refractivity contribution in [3.63, 3.8) is 0 Å². The van der Waals surface area contributed by atoms with Crippen molar-refractivity contribution in [3.8, 4) is 22.5 Å². The molecule has 2 heterocycles. The van der Waals surface area contributed by atoms with Crippen LogP contribution in [0.2, 0.25) is 0 Å². The van der Waals surface area contributed by atoms with Crippen LogP contribution in [0.15, 0.2) is 210 Å². The second-order valence-corrected chi connectivity index (χ2v) is 16.2. The molecule has 2 aromatic heterocycles. The lowest BCUT2D eigenvalue weighted by molar-refractivity contribution is 0.906. The van der Waals surface area contributed by atoms with E-state index in [1.165, 1.54) is 77.7 Å². The number of rotatable bonds is 11. The lowest BCUT2D eigenvalue weighted by Gasteiger charge is -2.16. The van der Waals surface area contributed by atoms with Crippen LogP contribution in [0.5, 0.6) is 0 Å². The number of aliphatic imine (C=N–C) groups is 1. The molecule has 0 bridgehead atoms. The highest BCUT2D eigenvalue weighted by Gasteiger charge is 2.19. The fourth-order valence-corrected chi connectivity index (χ4v) is 8.98. The van der Waals surface area contributed by atoms with Crippen LogP contribution in [0.3, 0.4) is 0 Å². The Morgan fingerprint density at radius 3 is 2.08 bits per heavy atom. The smallest absolute Gasteiger partial charge is 0.0671 e. The fraction of sp³-hybridized carbons (Fsp3) is 0.0847. The van der Waals surface area contributed by atoms with Crippen molar-refractivity contribution >= 4 is 57.0 Å². The number of benzene rings is 6. The van der Waals surface area contributed by atoms with E-state index in [0.717, 1.165) is 47.6 Å². The van der Waals surface area contributed by atoms with Gasteiger partial charge in [-0.3, -0.25) is 0 Å². The normalized spacial score (nSPS) is 13.9. The van der Waals surface area contributed by atoms with Crippen LogP contribution in [0.25, 0.3) is 73.8 Å². The predicted octanol–water partition coefficient (Wildman–Crippen LogP) is 15.5. The minimum absolute atomic E-state index is 0.770. The van der Waals surface area contributed by atoms with Crippen molar-refractivity contribution in [1.82, 2.24) is 9.13 Å². The molecule has 0 N–H and O–H groups in total. The molecular weight excluding hydrogens is 751 g/mol. The Bertz CT molecular complexity index is 3230. The third kappa shape index (κ3) is 7.41. The van der Waals surface area contributed by atoms with Crippen molar-refractivity contribution < 1.29 is 0 Å². The molecule has 0 spiro atoms. The first-order valence-corrected chi connectivity index (χ1v) is 21.5. The maximum Gasteiger partial charge on any atom is 0.0671 e. The van der Waals surface area contributed by atoms with Crippen LogP contribution in [0.1, 0.15) is 59.8 Å². The third-order valence-corrected chi connectivity index (χ3v) is 12.3. The van der Waals surface area contributed by atoms with Gasteiger partial charge in [0.25, 0.3) is 0 Å². The van der Waals surface area contributed by atoms with Crippen molar-refractivity contribution in [1.29, 1.82) is 0 Å². The maximum absolute atomic E-state index is 5.12. The van der Waals surface area contributed by atoms with E-state index in [1.807, 2.05) is 18.2 Å². The summed E-state index contributed by atoms with van der Waals surface area (Å²) in [5, 5.41) is 2.51. The zero-order valence-corrected chi connectivity index (χ0v) is 35.2. The van der Waals surface area contributed by atoms with E-state index in [4.69, 9.17) is 4.99 Å². The number of para-hydroxylation sites is 2. The highest BCUT2D eigenvalue weighted by atomic mass is 15.0. The number of aromatic nitrogens is 2. The number of hydrogen-bond donors (Lipinski definition) is 0. The second kappa shape index (κ2) is 16.7. The average molecular weight is 798 g/mol. The van der Waals surface area contributed by atoms with Gasteiger partial charge in [-0.15, -0.1) is 5.73 Å². The van der Waals surface area contributed by atoms with Crippen LogP contribution >= 0.6 is 0 Å². The van der Waals surface area contributed by atoms with Gasteiger partial charge in [-0.2, -0.15) is 0 Å². The Hall–Kier alpha value is -7.71. The predicted molar refractivity (Wildman–Crippen MR) is 265 cm³/mol. The molecular formula is C59H47N3. The van der Waals surface area contributed by atoms with Gasteiger partial charge < -0.3 is 9.13 Å². The first-order chi connectivity index (χ1) is 30.5. The standard InChI is InChI=1S/C59H47N3/c1-41(45-18-7-4-8-19-45)39-55(60-43(3)46-20-9-5-10-21-46)48-31-29-44(30-32-48)17-15-27-56-42(2)52-24-13-14-26-57(52)61(56)51-36-33-47(34-37-51)49-35-38-54-53-25-16-28-58(53)62(59(54)40-49)50-22-11-6-12-23-50/h4-15,18-29,31,33-40H,3,17,30,32H2,1-2H3/b27-15-,41-39+,60-55?. The number of aryl methyl sites for hydroxylation is 1. The van der Waals surface area contributed by atoms with Crippen molar-refractivity contribution in [3.05, 3.63) is 239 Å². The van der Waals surface area contributed by atoms with Gasteiger partial charge in [0, 0.05) is 39.5 Å². The SMILES string of the molecule is C=C(N=C(/C=C(\C)c1ccccc1)C1=CC=C(C/C=C\c2c(C)c3ccccc3n2-c2ccc(-c3ccc4c5c(n(-c6ccccc6)c4c3)C=C=C5)cc2)CC1)c1ccccc1. The lowest BCUT2D eigenvalue weighted by atomic mass is 9.92. The van der Waals surface area contributed by atoms with E-state index in [9.17, 15) is 0 Å². The molecule has 0 radical (unpaired) electrons. The molecule has 0 amide bonds. The Labute approximate surface area is 364 Å². The van der Waals surface area contributed by atoms with Gasteiger partial charge in [0.05, 0.1) is 28.1 Å². The highest BCUT2D eigenvalue weighted by molar-refractivity contribution is 6.14. The first-order valence-electron chi connectivity index (χ1n) is 21.5. The molecule has 3 heteroatoms. The fourth-order valence-electron chi connectivity index (χ4n) is 8.98. The van der Waals surface area contributed by atoms with Gasteiger partial charge in [-0.1, -0.05) is 152 Å². The molecule has 62 heavy (non-hydrogen) atoms. The molecule has 298 valence electrons. The van der Waals surface area contributed by atoms with Crippen LogP contribution in [0, 0.1) is 6.92 Å². The summed E-state index contributed by atoms with van der Waals surface area (Å²) in [6.45, 7) is 8.75. The molecule has 0 atom stereocenters. The molecule has 2 aliphatic rings. The summed E-state index contributed by atoms with van der Waals surface area (Å²) in [5.74, 6) is 0. The molecule has 8 aromatic rings. The van der Waals surface area contributed by atoms with Gasteiger partial charge in [0.15, 0.2) is 0 Å². The zero-order chi connectivity index (χ0) is 42.0. The van der Waals surface area contributed by atoms with Crippen molar-refractivity contribution in [2.24, 2.45) is 4.99 Å². The summed E-state index contributed by atoms with van der Waals surface area (Å²) in [7, 11) is 0. The van der Waals surface area contributed by atoms with E-state index >= 15 is 0 Å². The van der Waals surface area contributed by atoms with Crippen LogP contribution < -0.4 is 0 Å². The molecule has 6 aromatic carbocycles. The summed E-state index contributed by atoms with van der Waals surface area (Å²) in [6, 6.07) is 56.0.